The Morgan fingerprint density at radius 2 is 2.05 bits per heavy atom. The molecule has 0 aliphatic rings. The molecule has 4 N–H and O–H groups in total. The Balaban J connectivity index is 2.03. The van der Waals surface area contributed by atoms with Crippen LogP contribution in [0.3, 0.4) is 0 Å². The number of anilines is 1. The predicted molar refractivity (Wildman–Crippen MR) is 74.5 cm³/mol. The lowest BCUT2D eigenvalue weighted by atomic mass is 10.3. The number of hydrogen-bond acceptors (Lipinski definition) is 4. The highest BCUT2D eigenvalue weighted by Gasteiger charge is 2.05. The van der Waals surface area contributed by atoms with E-state index in [1.807, 2.05) is 44.2 Å². The summed E-state index contributed by atoms with van der Waals surface area (Å²) in [4.78, 5) is 8.53. The Labute approximate surface area is 111 Å². The zero-order valence-electron chi connectivity index (χ0n) is 11.0. The summed E-state index contributed by atoms with van der Waals surface area (Å²) in [7, 11) is 0. The normalized spacial score (nSPS) is 11.4. The molecule has 0 fully saturated rings. The first kappa shape index (κ1) is 13.1. The summed E-state index contributed by atoms with van der Waals surface area (Å²) >= 11 is 0. The van der Waals surface area contributed by atoms with Crippen molar-refractivity contribution in [2.24, 2.45) is 10.8 Å². The zero-order chi connectivity index (χ0) is 13.7. The maximum atomic E-state index is 5.44. The molecule has 0 radical (unpaired) electrons. The Hall–Kier alpha value is -2.34. The number of nitrogens with zero attached hydrogens (tertiary/aromatic N) is 2. The van der Waals surface area contributed by atoms with E-state index in [0.717, 1.165) is 17.1 Å². The van der Waals surface area contributed by atoms with Crippen molar-refractivity contribution in [1.29, 1.82) is 0 Å². The highest BCUT2D eigenvalue weighted by atomic mass is 16.4. The predicted octanol–water partition coefficient (Wildman–Crippen LogP) is 1.72. The topological polar surface area (TPSA) is 88.5 Å². The number of hydrazine groups is 1. The van der Waals surface area contributed by atoms with Crippen molar-refractivity contribution in [1.82, 2.24) is 10.4 Å². The van der Waals surface area contributed by atoms with E-state index in [9.17, 15) is 0 Å². The monoisotopic (exact) mass is 259 g/mol. The summed E-state index contributed by atoms with van der Waals surface area (Å²) in [5.74, 6) is 7.26. The van der Waals surface area contributed by atoms with E-state index in [-0.39, 0.29) is 0 Å². The quantitative estimate of drug-likeness (QED) is 0.338. The fraction of sp³-hybridized carbons (Fsp3) is 0.231. The highest BCUT2D eigenvalue weighted by molar-refractivity contribution is 5.93. The third kappa shape index (κ3) is 3.56. The van der Waals surface area contributed by atoms with Crippen molar-refractivity contribution >= 4 is 11.6 Å². The van der Waals surface area contributed by atoms with Gasteiger partial charge in [0, 0.05) is 5.69 Å². The molecule has 1 heterocycles. The number of guanidine groups is 1. The Kier molecular flexibility index (Phi) is 4.15. The minimum absolute atomic E-state index is 0.327. The molecule has 2 rings (SSSR count). The lowest BCUT2D eigenvalue weighted by Crippen LogP contribution is -2.36. The van der Waals surface area contributed by atoms with Crippen LogP contribution in [0, 0.1) is 13.8 Å². The number of nitrogens with two attached hydrogens (primary N) is 1. The molecule has 100 valence electrons. The number of para-hydroxylation sites is 1. The van der Waals surface area contributed by atoms with Gasteiger partial charge in [-0.05, 0) is 26.0 Å². The van der Waals surface area contributed by atoms with Gasteiger partial charge in [-0.25, -0.2) is 15.8 Å². The maximum Gasteiger partial charge on any atom is 0.216 e. The molecule has 0 saturated carbocycles. The van der Waals surface area contributed by atoms with Crippen LogP contribution in [0.1, 0.15) is 17.3 Å². The van der Waals surface area contributed by atoms with Crippen molar-refractivity contribution in [2.75, 3.05) is 5.32 Å². The molecule has 0 aliphatic carbocycles. The van der Waals surface area contributed by atoms with Crippen LogP contribution in [0.2, 0.25) is 0 Å². The van der Waals surface area contributed by atoms with E-state index in [0.29, 0.717) is 18.4 Å². The van der Waals surface area contributed by atoms with Gasteiger partial charge in [0.1, 0.15) is 12.3 Å². The van der Waals surface area contributed by atoms with Crippen LogP contribution in [0.25, 0.3) is 0 Å². The van der Waals surface area contributed by atoms with Crippen LogP contribution in [0.15, 0.2) is 39.7 Å². The minimum Gasteiger partial charge on any atom is -0.444 e. The van der Waals surface area contributed by atoms with Crippen molar-refractivity contribution in [3.8, 4) is 0 Å². The highest BCUT2D eigenvalue weighted by Crippen LogP contribution is 2.09. The first-order valence-corrected chi connectivity index (χ1v) is 5.95. The largest absolute Gasteiger partial charge is 0.444 e. The van der Waals surface area contributed by atoms with Crippen molar-refractivity contribution in [3.05, 3.63) is 47.7 Å². The average molecular weight is 259 g/mol. The van der Waals surface area contributed by atoms with Gasteiger partial charge in [-0.2, -0.15) is 0 Å². The lowest BCUT2D eigenvalue weighted by Gasteiger charge is -2.08. The first-order valence-electron chi connectivity index (χ1n) is 5.95. The fourth-order valence-corrected chi connectivity index (χ4v) is 1.53. The summed E-state index contributed by atoms with van der Waals surface area (Å²) in [5.41, 5.74) is 4.29. The van der Waals surface area contributed by atoms with Gasteiger partial charge >= 0.3 is 0 Å². The molecule has 1 aromatic heterocycles. The van der Waals surface area contributed by atoms with Crippen LogP contribution in [0.5, 0.6) is 0 Å². The van der Waals surface area contributed by atoms with Crippen LogP contribution in [-0.2, 0) is 6.54 Å². The van der Waals surface area contributed by atoms with Crippen LogP contribution >= 0.6 is 0 Å². The third-order valence-corrected chi connectivity index (χ3v) is 2.62. The third-order valence-electron chi connectivity index (χ3n) is 2.62. The van der Waals surface area contributed by atoms with Crippen molar-refractivity contribution in [3.63, 3.8) is 0 Å². The van der Waals surface area contributed by atoms with Crippen molar-refractivity contribution < 1.29 is 4.42 Å². The fourth-order valence-electron chi connectivity index (χ4n) is 1.53. The molecule has 2 aromatic rings. The minimum atomic E-state index is 0.327. The van der Waals surface area contributed by atoms with Crippen LogP contribution in [0.4, 0.5) is 5.69 Å². The maximum absolute atomic E-state index is 5.44. The summed E-state index contributed by atoms with van der Waals surface area (Å²) in [6.45, 7) is 4.10. The summed E-state index contributed by atoms with van der Waals surface area (Å²) in [6.07, 6.45) is 0. The molecule has 0 saturated heterocycles. The molecule has 1 aromatic carbocycles. The summed E-state index contributed by atoms with van der Waals surface area (Å²) in [6, 6.07) is 9.64. The molecular formula is C13H17N5O. The summed E-state index contributed by atoms with van der Waals surface area (Å²) in [5, 5.41) is 3.06. The second-order valence-electron chi connectivity index (χ2n) is 4.05. The van der Waals surface area contributed by atoms with Gasteiger partial charge in [-0.15, -0.1) is 0 Å². The molecule has 6 heteroatoms. The van der Waals surface area contributed by atoms with Gasteiger partial charge in [-0.3, -0.25) is 5.43 Å². The van der Waals surface area contributed by atoms with Gasteiger partial charge in [0.15, 0.2) is 0 Å². The van der Waals surface area contributed by atoms with E-state index in [1.165, 1.54) is 0 Å². The number of aliphatic imine (C=N–C) groups is 1. The van der Waals surface area contributed by atoms with E-state index < -0.39 is 0 Å². The molecule has 0 unspecified atom stereocenters. The molecule has 0 atom stereocenters. The zero-order valence-corrected chi connectivity index (χ0v) is 11.0. The number of aromatic nitrogens is 1. The number of hydrogen-bond donors (Lipinski definition) is 3. The Bertz CT molecular complexity index is 542. The van der Waals surface area contributed by atoms with Gasteiger partial charge < -0.3 is 9.73 Å². The number of oxazole rings is 1. The molecule has 0 bridgehead atoms. The molecular weight excluding hydrogens is 242 g/mol. The molecule has 6 nitrogen and oxygen atoms in total. The Morgan fingerprint density at radius 1 is 1.32 bits per heavy atom. The van der Waals surface area contributed by atoms with E-state index in [1.54, 1.807) is 0 Å². The van der Waals surface area contributed by atoms with Crippen LogP contribution < -0.4 is 16.6 Å². The van der Waals surface area contributed by atoms with E-state index in [2.05, 4.69) is 20.7 Å². The van der Waals surface area contributed by atoms with E-state index in [4.69, 9.17) is 10.3 Å². The molecule has 0 spiro atoms. The SMILES string of the molecule is Cc1nc(CN=C(NN)Nc2ccccc2)oc1C. The Morgan fingerprint density at radius 3 is 2.63 bits per heavy atom. The number of benzene rings is 1. The molecule has 0 amide bonds. The second kappa shape index (κ2) is 6.01. The first-order chi connectivity index (χ1) is 9.19. The number of nitrogens with one attached hydrogen (secondary N) is 2. The van der Waals surface area contributed by atoms with Gasteiger partial charge in [0.2, 0.25) is 11.9 Å². The van der Waals surface area contributed by atoms with Crippen molar-refractivity contribution in [2.45, 2.75) is 20.4 Å². The molecule has 19 heavy (non-hydrogen) atoms. The standard InChI is InChI=1S/C13H17N5O/c1-9-10(2)19-12(16-9)8-15-13(18-14)17-11-6-4-3-5-7-11/h3-7H,8,14H2,1-2H3,(H2,15,17,18). The van der Waals surface area contributed by atoms with Crippen LogP contribution in [-0.4, -0.2) is 10.9 Å². The number of rotatable bonds is 3. The molecule has 0 aliphatic heterocycles. The summed E-state index contributed by atoms with van der Waals surface area (Å²) < 4.78 is 5.44. The lowest BCUT2D eigenvalue weighted by molar-refractivity contribution is 0.473. The van der Waals surface area contributed by atoms with Gasteiger partial charge in [-0.1, -0.05) is 18.2 Å². The van der Waals surface area contributed by atoms with Gasteiger partial charge in [0.25, 0.3) is 0 Å². The number of aryl methyl sites for hydroxylation is 2. The second-order valence-corrected chi connectivity index (χ2v) is 4.05. The van der Waals surface area contributed by atoms with Gasteiger partial charge in [0.05, 0.1) is 5.69 Å². The average Bonchev–Trinajstić information content (AvgIpc) is 2.75. The smallest absolute Gasteiger partial charge is 0.216 e. The van der Waals surface area contributed by atoms with E-state index >= 15 is 0 Å².